The molecule has 0 aliphatic rings. The van der Waals surface area contributed by atoms with Gasteiger partial charge in [0.2, 0.25) is 11.8 Å². The van der Waals surface area contributed by atoms with Gasteiger partial charge in [0.1, 0.15) is 0 Å². The van der Waals surface area contributed by atoms with E-state index in [1.54, 1.807) is 36.0 Å². The summed E-state index contributed by atoms with van der Waals surface area (Å²) >= 11 is 1.65. The molecule has 0 saturated carbocycles. The summed E-state index contributed by atoms with van der Waals surface area (Å²) in [5, 5.41) is 5.55. The van der Waals surface area contributed by atoms with Crippen LogP contribution in [0.5, 0.6) is 0 Å². The minimum Gasteiger partial charge on any atom is -0.326 e. The molecule has 0 aromatic heterocycles. The van der Waals surface area contributed by atoms with Crippen molar-refractivity contribution in [2.75, 3.05) is 10.6 Å². The van der Waals surface area contributed by atoms with E-state index in [1.165, 1.54) is 12.5 Å². The summed E-state index contributed by atoms with van der Waals surface area (Å²) in [4.78, 5) is 23.7. The van der Waals surface area contributed by atoms with E-state index >= 15 is 0 Å². The highest BCUT2D eigenvalue weighted by Gasteiger charge is 2.22. The second-order valence-electron chi connectivity index (χ2n) is 6.21. The van der Waals surface area contributed by atoms with Crippen LogP contribution < -0.4 is 10.6 Å². The Labute approximate surface area is 153 Å². The number of amides is 2. The van der Waals surface area contributed by atoms with Crippen molar-refractivity contribution in [3.8, 4) is 0 Å². The second-order valence-corrected chi connectivity index (χ2v) is 7.34. The molecule has 2 aromatic carbocycles. The quantitative estimate of drug-likeness (QED) is 0.766. The van der Waals surface area contributed by atoms with Crippen LogP contribution in [0.2, 0.25) is 0 Å². The van der Waals surface area contributed by atoms with E-state index in [1.807, 2.05) is 18.2 Å². The third kappa shape index (κ3) is 6.27. The fourth-order valence-electron chi connectivity index (χ4n) is 2.38. The van der Waals surface area contributed by atoms with Crippen molar-refractivity contribution in [1.82, 2.24) is 0 Å². The van der Waals surface area contributed by atoms with Gasteiger partial charge in [0.05, 0.1) is 5.25 Å². The van der Waals surface area contributed by atoms with Crippen molar-refractivity contribution in [2.24, 2.45) is 5.92 Å². The predicted octanol–water partition coefficient (Wildman–Crippen LogP) is 4.54. The third-order valence-electron chi connectivity index (χ3n) is 3.61. The lowest BCUT2D eigenvalue weighted by molar-refractivity contribution is -0.116. The SMILES string of the molecule is CC(=O)Nc1ccc(NC(=O)C(SCc2ccccc2)C(C)C)cc1. The van der Waals surface area contributed by atoms with Crippen molar-refractivity contribution in [1.29, 1.82) is 0 Å². The minimum absolute atomic E-state index is 0.00297. The Balaban J connectivity index is 1.96. The summed E-state index contributed by atoms with van der Waals surface area (Å²) < 4.78 is 0. The predicted molar refractivity (Wildman–Crippen MR) is 106 cm³/mol. The number of rotatable bonds is 7. The van der Waals surface area contributed by atoms with Gasteiger partial charge in [0.15, 0.2) is 0 Å². The van der Waals surface area contributed by atoms with Gasteiger partial charge < -0.3 is 10.6 Å². The van der Waals surface area contributed by atoms with Crippen LogP contribution in [-0.2, 0) is 15.3 Å². The molecule has 0 heterocycles. The van der Waals surface area contributed by atoms with Gasteiger partial charge in [0, 0.05) is 24.1 Å². The lowest BCUT2D eigenvalue weighted by atomic mass is 10.1. The van der Waals surface area contributed by atoms with Crippen molar-refractivity contribution >= 4 is 35.0 Å². The fourth-order valence-corrected chi connectivity index (χ4v) is 3.54. The molecule has 1 atom stereocenters. The highest BCUT2D eigenvalue weighted by molar-refractivity contribution is 7.99. The van der Waals surface area contributed by atoms with Gasteiger partial charge in [-0.15, -0.1) is 11.8 Å². The lowest BCUT2D eigenvalue weighted by Gasteiger charge is -2.20. The first-order valence-electron chi connectivity index (χ1n) is 8.29. The van der Waals surface area contributed by atoms with Crippen LogP contribution in [0.1, 0.15) is 26.3 Å². The van der Waals surface area contributed by atoms with Crippen molar-refractivity contribution in [2.45, 2.75) is 31.8 Å². The first-order valence-corrected chi connectivity index (χ1v) is 9.34. The molecule has 132 valence electrons. The molecule has 0 spiro atoms. The number of nitrogens with one attached hydrogen (secondary N) is 2. The summed E-state index contributed by atoms with van der Waals surface area (Å²) in [5.41, 5.74) is 2.65. The van der Waals surface area contributed by atoms with E-state index in [-0.39, 0.29) is 23.0 Å². The molecular weight excluding hydrogens is 332 g/mol. The maximum Gasteiger partial charge on any atom is 0.237 e. The lowest BCUT2D eigenvalue weighted by Crippen LogP contribution is -2.29. The Morgan fingerprint density at radius 2 is 1.48 bits per heavy atom. The number of carbonyl (C=O) groups excluding carboxylic acids is 2. The average molecular weight is 356 g/mol. The van der Waals surface area contributed by atoms with E-state index in [4.69, 9.17) is 0 Å². The molecule has 0 radical (unpaired) electrons. The van der Waals surface area contributed by atoms with Gasteiger partial charge in [0.25, 0.3) is 0 Å². The maximum atomic E-state index is 12.6. The van der Waals surface area contributed by atoms with Crippen LogP contribution in [0.3, 0.4) is 0 Å². The number of benzene rings is 2. The van der Waals surface area contributed by atoms with E-state index in [0.717, 1.165) is 11.4 Å². The van der Waals surface area contributed by atoms with Gasteiger partial charge in [-0.2, -0.15) is 0 Å². The molecule has 2 rings (SSSR count). The summed E-state index contributed by atoms with van der Waals surface area (Å²) in [6, 6.07) is 17.3. The van der Waals surface area contributed by atoms with Crippen LogP contribution in [0, 0.1) is 5.92 Å². The molecule has 5 heteroatoms. The Hall–Kier alpha value is -2.27. The van der Waals surface area contributed by atoms with Crippen molar-refractivity contribution in [3.63, 3.8) is 0 Å². The summed E-state index contributed by atoms with van der Waals surface area (Å²) in [7, 11) is 0. The molecule has 25 heavy (non-hydrogen) atoms. The summed E-state index contributed by atoms with van der Waals surface area (Å²) in [6.45, 7) is 5.58. The molecule has 0 bridgehead atoms. The van der Waals surface area contributed by atoms with Crippen molar-refractivity contribution in [3.05, 3.63) is 60.2 Å². The number of anilines is 2. The molecule has 0 aliphatic heterocycles. The standard InChI is InChI=1S/C20H24N2O2S/c1-14(2)19(25-13-16-7-5-4-6-8-16)20(24)22-18-11-9-17(10-12-18)21-15(3)23/h4-12,14,19H,13H2,1-3H3,(H,21,23)(H,22,24). The zero-order valence-corrected chi connectivity index (χ0v) is 15.6. The van der Waals surface area contributed by atoms with Crippen LogP contribution in [0.25, 0.3) is 0 Å². The third-order valence-corrected chi connectivity index (χ3v) is 5.23. The van der Waals surface area contributed by atoms with Crippen LogP contribution >= 0.6 is 11.8 Å². The Morgan fingerprint density at radius 1 is 0.920 bits per heavy atom. The molecule has 2 aromatic rings. The van der Waals surface area contributed by atoms with Gasteiger partial charge in [-0.25, -0.2) is 0 Å². The molecule has 2 N–H and O–H groups in total. The van der Waals surface area contributed by atoms with Crippen LogP contribution in [-0.4, -0.2) is 17.1 Å². The number of hydrogen-bond donors (Lipinski definition) is 2. The van der Waals surface area contributed by atoms with E-state index in [2.05, 4.69) is 36.6 Å². The molecule has 0 aliphatic carbocycles. The second kappa shape index (κ2) is 9.28. The zero-order valence-electron chi connectivity index (χ0n) is 14.8. The van der Waals surface area contributed by atoms with E-state index in [0.29, 0.717) is 5.69 Å². The van der Waals surface area contributed by atoms with Gasteiger partial charge in [-0.05, 0) is 35.7 Å². The topological polar surface area (TPSA) is 58.2 Å². The molecule has 0 saturated heterocycles. The molecular formula is C20H24N2O2S. The first kappa shape index (κ1) is 19.1. The Bertz CT molecular complexity index is 699. The van der Waals surface area contributed by atoms with Crippen LogP contribution in [0.4, 0.5) is 11.4 Å². The normalized spacial score (nSPS) is 11.8. The summed E-state index contributed by atoms with van der Waals surface area (Å²) in [6.07, 6.45) is 0. The number of thioether (sulfide) groups is 1. The zero-order chi connectivity index (χ0) is 18.2. The Morgan fingerprint density at radius 3 is 2.00 bits per heavy atom. The number of hydrogen-bond acceptors (Lipinski definition) is 3. The van der Waals surface area contributed by atoms with Gasteiger partial charge in [-0.1, -0.05) is 44.2 Å². The van der Waals surface area contributed by atoms with E-state index in [9.17, 15) is 9.59 Å². The molecule has 2 amide bonds. The highest BCUT2D eigenvalue weighted by atomic mass is 32.2. The Kier molecular flexibility index (Phi) is 7.07. The maximum absolute atomic E-state index is 12.6. The smallest absolute Gasteiger partial charge is 0.237 e. The largest absolute Gasteiger partial charge is 0.326 e. The first-order chi connectivity index (χ1) is 12.0. The van der Waals surface area contributed by atoms with Gasteiger partial charge >= 0.3 is 0 Å². The molecule has 0 fully saturated rings. The monoisotopic (exact) mass is 356 g/mol. The van der Waals surface area contributed by atoms with Crippen LogP contribution in [0.15, 0.2) is 54.6 Å². The van der Waals surface area contributed by atoms with Gasteiger partial charge in [-0.3, -0.25) is 9.59 Å². The minimum atomic E-state index is -0.129. The molecule has 1 unspecified atom stereocenters. The average Bonchev–Trinajstić information content (AvgIpc) is 2.57. The number of carbonyl (C=O) groups is 2. The summed E-state index contributed by atoms with van der Waals surface area (Å²) in [5.74, 6) is 0.919. The molecule has 4 nitrogen and oxygen atoms in total. The fraction of sp³-hybridized carbons (Fsp3) is 0.300. The van der Waals surface area contributed by atoms with Crippen molar-refractivity contribution < 1.29 is 9.59 Å². The van der Waals surface area contributed by atoms with E-state index < -0.39 is 0 Å². The highest BCUT2D eigenvalue weighted by Crippen LogP contribution is 2.25.